The fourth-order valence-corrected chi connectivity index (χ4v) is 3.05. The molecular formula is C22H27NO4. The average molecular weight is 369 g/mol. The van der Waals surface area contributed by atoms with Crippen LogP contribution in [0.3, 0.4) is 0 Å². The number of carbonyl (C=O) groups is 1. The third-order valence-corrected chi connectivity index (χ3v) is 4.69. The van der Waals surface area contributed by atoms with Gasteiger partial charge in [-0.25, -0.2) is 0 Å². The van der Waals surface area contributed by atoms with Crippen molar-refractivity contribution in [1.82, 2.24) is 4.90 Å². The van der Waals surface area contributed by atoms with Crippen LogP contribution < -0.4 is 9.47 Å². The number of nitrogens with zero attached hydrogens (tertiary/aromatic N) is 1. The molecule has 27 heavy (non-hydrogen) atoms. The van der Waals surface area contributed by atoms with Gasteiger partial charge in [-0.05, 0) is 43.5 Å². The number of benzene rings is 2. The molecule has 1 fully saturated rings. The average Bonchev–Trinajstić information content (AvgIpc) is 3.21. The maximum absolute atomic E-state index is 12.8. The van der Waals surface area contributed by atoms with Gasteiger partial charge in [-0.15, -0.1) is 0 Å². The normalized spacial score (nSPS) is 16.1. The highest BCUT2D eigenvalue weighted by atomic mass is 16.5. The molecule has 0 bridgehead atoms. The second-order valence-electron chi connectivity index (χ2n) is 6.78. The number of aryl methyl sites for hydroxylation is 1. The number of para-hydroxylation sites is 2. The smallest absolute Gasteiger partial charge is 0.257 e. The maximum Gasteiger partial charge on any atom is 0.257 e. The van der Waals surface area contributed by atoms with Crippen molar-refractivity contribution < 1.29 is 19.0 Å². The Morgan fingerprint density at radius 3 is 2.59 bits per heavy atom. The molecule has 0 unspecified atom stereocenters. The van der Waals surface area contributed by atoms with Crippen LogP contribution in [-0.2, 0) is 4.74 Å². The van der Waals surface area contributed by atoms with E-state index in [1.165, 1.54) is 0 Å². The van der Waals surface area contributed by atoms with E-state index in [1.807, 2.05) is 49.4 Å². The quantitative estimate of drug-likeness (QED) is 0.712. The fraction of sp³-hybridized carbons (Fsp3) is 0.409. The SMILES string of the molecule is Cc1ccccc1OCCN(C)C(=O)c1ccccc1OC[C@H]1CCCO1. The Bertz CT molecular complexity index is 755. The van der Waals surface area contributed by atoms with Crippen molar-refractivity contribution in [3.8, 4) is 11.5 Å². The minimum absolute atomic E-state index is 0.0775. The summed E-state index contributed by atoms with van der Waals surface area (Å²) in [6.45, 7) is 4.20. The van der Waals surface area contributed by atoms with Gasteiger partial charge in [0.1, 0.15) is 24.7 Å². The van der Waals surface area contributed by atoms with E-state index in [0.29, 0.717) is 31.1 Å². The Hall–Kier alpha value is -2.53. The van der Waals surface area contributed by atoms with Gasteiger partial charge in [-0.1, -0.05) is 30.3 Å². The lowest BCUT2D eigenvalue weighted by Gasteiger charge is -2.20. The summed E-state index contributed by atoms with van der Waals surface area (Å²) in [5.41, 5.74) is 1.65. The molecule has 5 nitrogen and oxygen atoms in total. The number of rotatable bonds is 8. The molecule has 144 valence electrons. The second-order valence-corrected chi connectivity index (χ2v) is 6.78. The number of hydrogen-bond donors (Lipinski definition) is 0. The largest absolute Gasteiger partial charge is 0.491 e. The molecular weight excluding hydrogens is 342 g/mol. The standard InChI is InChI=1S/C22H27NO4/c1-17-8-3-5-11-20(17)26-15-13-23(2)22(24)19-10-4-6-12-21(19)27-16-18-9-7-14-25-18/h3-6,8,10-12,18H,7,9,13-16H2,1-2H3/t18-/m1/s1. The van der Waals surface area contributed by atoms with Crippen LogP contribution in [0.15, 0.2) is 48.5 Å². The van der Waals surface area contributed by atoms with E-state index in [4.69, 9.17) is 14.2 Å². The van der Waals surface area contributed by atoms with Gasteiger partial charge in [0.25, 0.3) is 5.91 Å². The van der Waals surface area contributed by atoms with Crippen molar-refractivity contribution in [2.24, 2.45) is 0 Å². The van der Waals surface area contributed by atoms with Gasteiger partial charge in [0.05, 0.1) is 18.2 Å². The van der Waals surface area contributed by atoms with E-state index in [0.717, 1.165) is 30.8 Å². The number of ether oxygens (including phenoxy) is 3. The highest BCUT2D eigenvalue weighted by Crippen LogP contribution is 2.22. The zero-order valence-corrected chi connectivity index (χ0v) is 16.0. The lowest BCUT2D eigenvalue weighted by molar-refractivity contribution is 0.0655. The summed E-state index contributed by atoms with van der Waals surface area (Å²) >= 11 is 0. The molecule has 2 aromatic rings. The first-order valence-electron chi connectivity index (χ1n) is 9.42. The fourth-order valence-electron chi connectivity index (χ4n) is 3.05. The van der Waals surface area contributed by atoms with E-state index >= 15 is 0 Å². The third kappa shape index (κ3) is 5.23. The number of likely N-dealkylation sites (N-methyl/N-ethyl adjacent to an activating group) is 1. The summed E-state index contributed by atoms with van der Waals surface area (Å²) in [5, 5.41) is 0. The summed E-state index contributed by atoms with van der Waals surface area (Å²) < 4.78 is 17.3. The van der Waals surface area contributed by atoms with Crippen molar-refractivity contribution >= 4 is 5.91 Å². The Morgan fingerprint density at radius 2 is 1.85 bits per heavy atom. The lowest BCUT2D eigenvalue weighted by Crippen LogP contribution is -2.31. The molecule has 2 aromatic carbocycles. The third-order valence-electron chi connectivity index (χ3n) is 4.69. The number of amides is 1. The predicted molar refractivity (Wildman–Crippen MR) is 105 cm³/mol. The lowest BCUT2D eigenvalue weighted by atomic mass is 10.1. The predicted octanol–water partition coefficient (Wildman–Crippen LogP) is 3.70. The van der Waals surface area contributed by atoms with Crippen LogP contribution >= 0.6 is 0 Å². The van der Waals surface area contributed by atoms with Gasteiger partial charge in [0.15, 0.2) is 0 Å². The Morgan fingerprint density at radius 1 is 1.11 bits per heavy atom. The van der Waals surface area contributed by atoms with Gasteiger partial charge in [-0.3, -0.25) is 4.79 Å². The van der Waals surface area contributed by atoms with E-state index < -0.39 is 0 Å². The highest BCUT2D eigenvalue weighted by molar-refractivity contribution is 5.96. The number of hydrogen-bond acceptors (Lipinski definition) is 4. The Labute approximate surface area is 160 Å². The van der Waals surface area contributed by atoms with Gasteiger partial charge in [0.2, 0.25) is 0 Å². The van der Waals surface area contributed by atoms with Crippen LogP contribution in [0.1, 0.15) is 28.8 Å². The van der Waals surface area contributed by atoms with E-state index in [2.05, 4.69) is 0 Å². The minimum Gasteiger partial charge on any atom is -0.491 e. The van der Waals surface area contributed by atoms with E-state index in [-0.39, 0.29) is 12.0 Å². The van der Waals surface area contributed by atoms with Gasteiger partial charge < -0.3 is 19.1 Å². The molecule has 1 heterocycles. The summed E-state index contributed by atoms with van der Waals surface area (Å²) in [7, 11) is 1.78. The van der Waals surface area contributed by atoms with E-state index in [1.54, 1.807) is 18.0 Å². The molecule has 0 saturated carbocycles. The maximum atomic E-state index is 12.8. The summed E-state index contributed by atoms with van der Waals surface area (Å²) in [6.07, 6.45) is 2.19. The van der Waals surface area contributed by atoms with Crippen LogP contribution in [0.25, 0.3) is 0 Å². The van der Waals surface area contributed by atoms with Gasteiger partial charge in [-0.2, -0.15) is 0 Å². The van der Waals surface area contributed by atoms with Gasteiger partial charge >= 0.3 is 0 Å². The Balaban J connectivity index is 1.55. The van der Waals surface area contributed by atoms with Crippen LogP contribution in [0, 0.1) is 6.92 Å². The molecule has 1 amide bonds. The Kier molecular flexibility index (Phi) is 6.71. The number of carbonyl (C=O) groups excluding carboxylic acids is 1. The highest BCUT2D eigenvalue weighted by Gasteiger charge is 2.20. The van der Waals surface area contributed by atoms with Crippen molar-refractivity contribution in [3.63, 3.8) is 0 Å². The minimum atomic E-state index is -0.0775. The molecule has 5 heteroatoms. The summed E-state index contributed by atoms with van der Waals surface area (Å²) in [6, 6.07) is 15.2. The van der Waals surface area contributed by atoms with Crippen LogP contribution in [0.4, 0.5) is 0 Å². The second kappa shape index (κ2) is 9.42. The molecule has 0 radical (unpaired) electrons. The first-order valence-corrected chi connectivity index (χ1v) is 9.42. The summed E-state index contributed by atoms with van der Waals surface area (Å²) in [4.78, 5) is 14.5. The van der Waals surface area contributed by atoms with Crippen LogP contribution in [0.2, 0.25) is 0 Å². The van der Waals surface area contributed by atoms with Crippen LogP contribution in [0.5, 0.6) is 11.5 Å². The molecule has 3 rings (SSSR count). The monoisotopic (exact) mass is 369 g/mol. The zero-order chi connectivity index (χ0) is 19.1. The topological polar surface area (TPSA) is 48.0 Å². The van der Waals surface area contributed by atoms with Crippen LogP contribution in [-0.4, -0.2) is 50.3 Å². The van der Waals surface area contributed by atoms with Crippen molar-refractivity contribution in [2.75, 3.05) is 33.4 Å². The molecule has 0 N–H and O–H groups in total. The van der Waals surface area contributed by atoms with Gasteiger partial charge in [0, 0.05) is 13.7 Å². The van der Waals surface area contributed by atoms with Crippen molar-refractivity contribution in [1.29, 1.82) is 0 Å². The van der Waals surface area contributed by atoms with Crippen molar-refractivity contribution in [2.45, 2.75) is 25.9 Å². The van der Waals surface area contributed by atoms with Crippen molar-refractivity contribution in [3.05, 3.63) is 59.7 Å². The summed E-state index contributed by atoms with van der Waals surface area (Å²) in [5.74, 6) is 1.37. The molecule has 1 aliphatic heterocycles. The zero-order valence-electron chi connectivity index (χ0n) is 16.0. The molecule has 1 saturated heterocycles. The molecule has 1 atom stereocenters. The molecule has 1 aliphatic rings. The molecule has 0 aliphatic carbocycles. The first kappa shape index (κ1) is 19.2. The van der Waals surface area contributed by atoms with E-state index in [9.17, 15) is 4.79 Å². The molecule has 0 spiro atoms. The first-order chi connectivity index (χ1) is 13.1. The molecule has 0 aromatic heterocycles.